The molecule has 0 amide bonds. The van der Waals surface area contributed by atoms with Crippen molar-refractivity contribution in [2.75, 3.05) is 21.3 Å². The van der Waals surface area contributed by atoms with Gasteiger partial charge in [-0.2, -0.15) is 0 Å². The number of hydrogen-bond acceptors (Lipinski definition) is 4. The third-order valence-electron chi connectivity index (χ3n) is 2.63. The van der Waals surface area contributed by atoms with Gasteiger partial charge in [0.15, 0.2) is 17.8 Å². The van der Waals surface area contributed by atoms with Crippen molar-refractivity contribution in [3.8, 4) is 17.2 Å². The summed E-state index contributed by atoms with van der Waals surface area (Å²) in [5, 5.41) is 0.695. The number of hydrogen-bond donors (Lipinski definition) is 1. The van der Waals surface area contributed by atoms with Gasteiger partial charge in [0.2, 0.25) is 5.75 Å². The Bertz CT molecular complexity index is 559. The standard InChI is InChI=1S/C12H13NO4/c1-15-9-4-8-10(7(6-14)5-13-8)12(17-3)11(9)16-2/h4-6,13H,1-3H3. The second kappa shape index (κ2) is 4.37. The van der Waals surface area contributed by atoms with E-state index in [1.165, 1.54) is 14.2 Å². The molecule has 0 spiro atoms. The van der Waals surface area contributed by atoms with Crippen molar-refractivity contribution in [2.45, 2.75) is 0 Å². The van der Waals surface area contributed by atoms with Crippen LogP contribution in [0.3, 0.4) is 0 Å². The van der Waals surface area contributed by atoms with Gasteiger partial charge >= 0.3 is 0 Å². The zero-order valence-corrected chi connectivity index (χ0v) is 9.87. The molecule has 17 heavy (non-hydrogen) atoms. The van der Waals surface area contributed by atoms with E-state index in [2.05, 4.69) is 4.98 Å². The fourth-order valence-electron chi connectivity index (χ4n) is 1.88. The largest absolute Gasteiger partial charge is 0.493 e. The summed E-state index contributed by atoms with van der Waals surface area (Å²) < 4.78 is 15.8. The molecule has 90 valence electrons. The summed E-state index contributed by atoms with van der Waals surface area (Å²) in [5.74, 6) is 1.52. The first kappa shape index (κ1) is 11.3. The number of carbonyl (C=O) groups excluding carboxylic acids is 1. The van der Waals surface area contributed by atoms with E-state index in [1.807, 2.05) is 0 Å². The number of benzene rings is 1. The molecular formula is C12H13NO4. The summed E-state index contributed by atoms with van der Waals surface area (Å²) in [5.41, 5.74) is 1.29. The number of carbonyl (C=O) groups is 1. The summed E-state index contributed by atoms with van der Waals surface area (Å²) in [6, 6.07) is 1.77. The highest BCUT2D eigenvalue weighted by Crippen LogP contribution is 2.43. The molecule has 5 nitrogen and oxygen atoms in total. The first-order valence-electron chi connectivity index (χ1n) is 5.02. The van der Waals surface area contributed by atoms with Crippen LogP contribution in [0.25, 0.3) is 10.9 Å². The molecule has 0 radical (unpaired) electrons. The molecule has 1 aromatic heterocycles. The van der Waals surface area contributed by atoms with Gasteiger partial charge in [0.05, 0.1) is 32.2 Å². The minimum atomic E-state index is 0.477. The Morgan fingerprint density at radius 2 is 1.82 bits per heavy atom. The van der Waals surface area contributed by atoms with Crippen molar-refractivity contribution in [1.29, 1.82) is 0 Å². The van der Waals surface area contributed by atoms with Crippen molar-refractivity contribution in [3.05, 3.63) is 17.8 Å². The Balaban J connectivity index is 2.87. The normalized spacial score (nSPS) is 10.3. The van der Waals surface area contributed by atoms with Gasteiger partial charge in [0, 0.05) is 17.8 Å². The lowest BCUT2D eigenvalue weighted by Crippen LogP contribution is -1.96. The summed E-state index contributed by atoms with van der Waals surface area (Å²) >= 11 is 0. The summed E-state index contributed by atoms with van der Waals surface area (Å²) in [6.45, 7) is 0. The maximum atomic E-state index is 11.0. The molecule has 0 saturated heterocycles. The van der Waals surface area contributed by atoms with Crippen LogP contribution in [0, 0.1) is 0 Å². The van der Waals surface area contributed by atoms with Crippen molar-refractivity contribution in [3.63, 3.8) is 0 Å². The zero-order chi connectivity index (χ0) is 12.4. The molecule has 0 aliphatic heterocycles. The highest BCUT2D eigenvalue weighted by molar-refractivity contribution is 6.03. The molecule has 2 aromatic rings. The molecule has 0 atom stereocenters. The van der Waals surface area contributed by atoms with Crippen LogP contribution in [-0.2, 0) is 0 Å². The van der Waals surface area contributed by atoms with Gasteiger partial charge in [-0.15, -0.1) is 0 Å². The van der Waals surface area contributed by atoms with Crippen molar-refractivity contribution in [1.82, 2.24) is 4.98 Å². The van der Waals surface area contributed by atoms with E-state index in [0.717, 1.165) is 11.8 Å². The molecule has 1 heterocycles. The lowest BCUT2D eigenvalue weighted by molar-refractivity contribution is 0.112. The van der Waals surface area contributed by atoms with Crippen molar-refractivity contribution in [2.24, 2.45) is 0 Å². The van der Waals surface area contributed by atoms with Gasteiger partial charge in [-0.3, -0.25) is 4.79 Å². The smallest absolute Gasteiger partial charge is 0.204 e. The molecular weight excluding hydrogens is 222 g/mol. The Morgan fingerprint density at radius 3 is 2.35 bits per heavy atom. The Morgan fingerprint density at radius 1 is 1.12 bits per heavy atom. The van der Waals surface area contributed by atoms with Crippen LogP contribution in [0.5, 0.6) is 17.2 Å². The number of methoxy groups -OCH3 is 3. The second-order valence-electron chi connectivity index (χ2n) is 3.43. The van der Waals surface area contributed by atoms with Gasteiger partial charge in [-0.1, -0.05) is 0 Å². The molecule has 0 fully saturated rings. The van der Waals surface area contributed by atoms with Crippen LogP contribution in [0.1, 0.15) is 10.4 Å². The Kier molecular flexibility index (Phi) is 2.91. The van der Waals surface area contributed by atoms with Crippen LogP contribution >= 0.6 is 0 Å². The van der Waals surface area contributed by atoms with Gasteiger partial charge in [0.1, 0.15) is 0 Å². The first-order chi connectivity index (χ1) is 8.26. The van der Waals surface area contributed by atoms with Gasteiger partial charge < -0.3 is 19.2 Å². The molecule has 0 aliphatic rings. The third kappa shape index (κ3) is 1.60. The number of nitrogens with one attached hydrogen (secondary N) is 1. The highest BCUT2D eigenvalue weighted by Gasteiger charge is 2.19. The molecule has 0 aliphatic carbocycles. The molecule has 0 bridgehead atoms. The predicted molar refractivity (Wildman–Crippen MR) is 63.3 cm³/mol. The van der Waals surface area contributed by atoms with Gasteiger partial charge in [-0.05, 0) is 0 Å². The first-order valence-corrected chi connectivity index (χ1v) is 5.02. The number of aromatic amines is 1. The quantitative estimate of drug-likeness (QED) is 0.823. The fraction of sp³-hybridized carbons (Fsp3) is 0.250. The van der Waals surface area contributed by atoms with Crippen LogP contribution in [0.15, 0.2) is 12.3 Å². The Hall–Kier alpha value is -2.17. The molecule has 2 rings (SSSR count). The highest BCUT2D eigenvalue weighted by atomic mass is 16.5. The number of rotatable bonds is 4. The topological polar surface area (TPSA) is 60.6 Å². The van der Waals surface area contributed by atoms with E-state index in [0.29, 0.717) is 28.2 Å². The van der Waals surface area contributed by atoms with Crippen molar-refractivity contribution >= 4 is 17.2 Å². The van der Waals surface area contributed by atoms with E-state index in [-0.39, 0.29) is 0 Å². The summed E-state index contributed by atoms with van der Waals surface area (Å²) in [7, 11) is 4.60. The third-order valence-corrected chi connectivity index (χ3v) is 2.63. The number of H-pyrrole nitrogens is 1. The fourth-order valence-corrected chi connectivity index (χ4v) is 1.88. The molecule has 5 heteroatoms. The number of aromatic nitrogens is 1. The maximum Gasteiger partial charge on any atom is 0.204 e. The maximum absolute atomic E-state index is 11.0. The lowest BCUT2D eigenvalue weighted by atomic mass is 10.1. The minimum Gasteiger partial charge on any atom is -0.493 e. The Labute approximate surface area is 98.3 Å². The van der Waals surface area contributed by atoms with E-state index >= 15 is 0 Å². The van der Waals surface area contributed by atoms with E-state index in [1.54, 1.807) is 19.4 Å². The molecule has 1 aromatic carbocycles. The van der Waals surface area contributed by atoms with Gasteiger partial charge in [-0.25, -0.2) is 0 Å². The monoisotopic (exact) mass is 235 g/mol. The van der Waals surface area contributed by atoms with E-state index in [4.69, 9.17) is 14.2 Å². The molecule has 0 saturated carbocycles. The number of ether oxygens (including phenoxy) is 3. The number of aldehydes is 1. The lowest BCUT2D eigenvalue weighted by Gasteiger charge is -2.13. The molecule has 0 unspecified atom stereocenters. The second-order valence-corrected chi connectivity index (χ2v) is 3.43. The summed E-state index contributed by atoms with van der Waals surface area (Å²) in [6.07, 6.45) is 2.40. The zero-order valence-electron chi connectivity index (χ0n) is 9.87. The van der Waals surface area contributed by atoms with E-state index < -0.39 is 0 Å². The average Bonchev–Trinajstić information content (AvgIpc) is 2.78. The average molecular weight is 235 g/mol. The predicted octanol–water partition coefficient (Wildman–Crippen LogP) is 2.01. The molecule has 1 N–H and O–H groups in total. The minimum absolute atomic E-state index is 0.477. The van der Waals surface area contributed by atoms with Gasteiger partial charge in [0.25, 0.3) is 0 Å². The summed E-state index contributed by atoms with van der Waals surface area (Å²) in [4.78, 5) is 13.9. The van der Waals surface area contributed by atoms with Crippen LogP contribution in [0.2, 0.25) is 0 Å². The van der Waals surface area contributed by atoms with Crippen LogP contribution < -0.4 is 14.2 Å². The SMILES string of the molecule is COc1cc2[nH]cc(C=O)c2c(OC)c1OC. The number of fused-ring (bicyclic) bond motifs is 1. The van der Waals surface area contributed by atoms with Crippen molar-refractivity contribution < 1.29 is 19.0 Å². The van der Waals surface area contributed by atoms with E-state index in [9.17, 15) is 4.79 Å². The van der Waals surface area contributed by atoms with Crippen LogP contribution in [-0.4, -0.2) is 32.6 Å². The van der Waals surface area contributed by atoms with Crippen LogP contribution in [0.4, 0.5) is 0 Å².